The fourth-order valence-corrected chi connectivity index (χ4v) is 2.19. The third-order valence-corrected chi connectivity index (χ3v) is 3.16. The fourth-order valence-electron chi connectivity index (χ4n) is 1.92. The van der Waals surface area contributed by atoms with Crippen LogP contribution in [0.2, 0.25) is 5.02 Å². The summed E-state index contributed by atoms with van der Waals surface area (Å²) in [4.78, 5) is 2.19. The molecular formula is C13H21ClN2O. The number of ether oxygens (including phenoxy) is 1. The molecule has 0 saturated carbocycles. The molecule has 17 heavy (non-hydrogen) atoms. The van der Waals surface area contributed by atoms with Crippen molar-refractivity contribution < 1.29 is 4.74 Å². The monoisotopic (exact) mass is 256 g/mol. The predicted molar refractivity (Wildman–Crippen MR) is 72.7 cm³/mol. The van der Waals surface area contributed by atoms with E-state index in [1.165, 1.54) is 5.56 Å². The van der Waals surface area contributed by atoms with Gasteiger partial charge in [-0.15, -0.1) is 0 Å². The molecule has 2 N–H and O–H groups in total. The highest BCUT2D eigenvalue weighted by Gasteiger charge is 2.15. The molecule has 1 unspecified atom stereocenters. The van der Waals surface area contributed by atoms with Gasteiger partial charge in [0.05, 0.1) is 12.1 Å². The number of hydrogen-bond donors (Lipinski definition) is 1. The molecule has 0 fully saturated rings. The molecule has 4 heteroatoms. The van der Waals surface area contributed by atoms with E-state index >= 15 is 0 Å². The van der Waals surface area contributed by atoms with Crippen LogP contribution < -0.4 is 10.5 Å². The summed E-state index contributed by atoms with van der Waals surface area (Å²) in [6.07, 6.45) is 2.04. The summed E-state index contributed by atoms with van der Waals surface area (Å²) in [5.74, 6) is 0.715. The number of halogens is 1. The van der Waals surface area contributed by atoms with Gasteiger partial charge in [-0.1, -0.05) is 17.7 Å². The maximum absolute atomic E-state index is 6.14. The third kappa shape index (κ3) is 3.87. The number of nitrogens with two attached hydrogens (primary N) is 1. The number of nitrogens with zero attached hydrogens (tertiary/aromatic N) is 1. The number of rotatable bonds is 6. The topological polar surface area (TPSA) is 38.5 Å². The lowest BCUT2D eigenvalue weighted by Crippen LogP contribution is -2.21. The highest BCUT2D eigenvalue weighted by Crippen LogP contribution is 2.30. The molecule has 0 aliphatic rings. The van der Waals surface area contributed by atoms with Crippen LogP contribution in [-0.2, 0) is 0 Å². The van der Waals surface area contributed by atoms with Crippen molar-refractivity contribution in [3.63, 3.8) is 0 Å². The van der Waals surface area contributed by atoms with Crippen LogP contribution >= 0.6 is 11.6 Å². The molecule has 0 radical (unpaired) electrons. The van der Waals surface area contributed by atoms with E-state index in [1.54, 1.807) is 7.11 Å². The molecule has 0 amide bonds. The molecule has 1 aromatic carbocycles. The molecular weight excluding hydrogens is 236 g/mol. The zero-order valence-corrected chi connectivity index (χ0v) is 11.5. The van der Waals surface area contributed by atoms with E-state index in [2.05, 4.69) is 25.1 Å². The highest BCUT2D eigenvalue weighted by atomic mass is 35.5. The summed E-state index contributed by atoms with van der Waals surface area (Å²) < 4.78 is 5.16. The second kappa shape index (κ2) is 6.84. The Hall–Kier alpha value is -0.770. The van der Waals surface area contributed by atoms with Crippen molar-refractivity contribution in [3.8, 4) is 5.75 Å². The Labute approximate surface area is 109 Å². The van der Waals surface area contributed by atoms with E-state index in [1.807, 2.05) is 12.1 Å². The Morgan fingerprint density at radius 3 is 2.59 bits per heavy atom. The van der Waals surface area contributed by atoms with Crippen LogP contribution in [0.15, 0.2) is 18.2 Å². The van der Waals surface area contributed by atoms with Crippen molar-refractivity contribution in [1.29, 1.82) is 0 Å². The standard InChI is InChI=1S/C13H21ClN2O/c1-16(2)12(5-4-8-15)10-6-7-13(17-3)11(14)9-10/h6-7,9,12H,4-5,8,15H2,1-3H3. The van der Waals surface area contributed by atoms with Crippen LogP contribution in [0.3, 0.4) is 0 Å². The molecule has 1 atom stereocenters. The normalized spacial score (nSPS) is 12.8. The van der Waals surface area contributed by atoms with Gasteiger partial charge in [0.25, 0.3) is 0 Å². The summed E-state index contributed by atoms with van der Waals surface area (Å²) in [5, 5.41) is 0.657. The van der Waals surface area contributed by atoms with Crippen molar-refractivity contribution in [2.45, 2.75) is 18.9 Å². The molecule has 0 saturated heterocycles. The molecule has 0 heterocycles. The molecule has 3 nitrogen and oxygen atoms in total. The van der Waals surface area contributed by atoms with Crippen molar-refractivity contribution in [2.75, 3.05) is 27.7 Å². The quantitative estimate of drug-likeness (QED) is 0.851. The van der Waals surface area contributed by atoms with E-state index in [0.717, 1.165) is 12.8 Å². The van der Waals surface area contributed by atoms with Gasteiger partial charge >= 0.3 is 0 Å². The van der Waals surface area contributed by atoms with Gasteiger partial charge in [0.1, 0.15) is 5.75 Å². The molecule has 0 aromatic heterocycles. The van der Waals surface area contributed by atoms with Crippen LogP contribution in [0.5, 0.6) is 5.75 Å². The minimum absolute atomic E-state index is 0.349. The van der Waals surface area contributed by atoms with Crippen LogP contribution in [0, 0.1) is 0 Å². The maximum Gasteiger partial charge on any atom is 0.137 e. The van der Waals surface area contributed by atoms with Crippen LogP contribution in [0.1, 0.15) is 24.4 Å². The van der Waals surface area contributed by atoms with Crippen molar-refractivity contribution in [2.24, 2.45) is 5.73 Å². The molecule has 1 aromatic rings. The lowest BCUT2D eigenvalue weighted by atomic mass is 10.0. The van der Waals surface area contributed by atoms with Gasteiger partial charge in [-0.3, -0.25) is 0 Å². The van der Waals surface area contributed by atoms with Crippen molar-refractivity contribution >= 4 is 11.6 Å². The molecule has 1 rings (SSSR count). The minimum Gasteiger partial charge on any atom is -0.495 e. The lowest BCUT2D eigenvalue weighted by Gasteiger charge is -2.25. The highest BCUT2D eigenvalue weighted by molar-refractivity contribution is 6.32. The SMILES string of the molecule is COc1ccc(C(CCCN)N(C)C)cc1Cl. The summed E-state index contributed by atoms with van der Waals surface area (Å²) in [7, 11) is 5.76. The van der Waals surface area contributed by atoms with Gasteiger partial charge in [-0.2, -0.15) is 0 Å². The number of benzene rings is 1. The van der Waals surface area contributed by atoms with Gasteiger partial charge in [-0.25, -0.2) is 0 Å². The maximum atomic E-state index is 6.14. The second-order valence-electron chi connectivity index (χ2n) is 4.30. The number of methoxy groups -OCH3 is 1. The summed E-state index contributed by atoms with van der Waals surface area (Å²) >= 11 is 6.14. The van der Waals surface area contributed by atoms with Gasteiger partial charge in [0, 0.05) is 6.04 Å². The average molecular weight is 257 g/mol. The Bertz CT molecular complexity index is 355. The summed E-state index contributed by atoms with van der Waals surface area (Å²) in [6.45, 7) is 0.716. The predicted octanol–water partition coefficient (Wildman–Crippen LogP) is 2.69. The van der Waals surface area contributed by atoms with E-state index in [0.29, 0.717) is 23.4 Å². The van der Waals surface area contributed by atoms with Gasteiger partial charge in [-0.05, 0) is 51.2 Å². The first-order valence-corrected chi connectivity index (χ1v) is 6.18. The van der Waals surface area contributed by atoms with Crippen LogP contribution in [0.4, 0.5) is 0 Å². The van der Waals surface area contributed by atoms with E-state index < -0.39 is 0 Å². The number of hydrogen-bond acceptors (Lipinski definition) is 3. The summed E-state index contributed by atoms with van der Waals surface area (Å²) in [6, 6.07) is 6.30. The van der Waals surface area contributed by atoms with Crippen molar-refractivity contribution in [3.05, 3.63) is 28.8 Å². The first kappa shape index (κ1) is 14.3. The van der Waals surface area contributed by atoms with Crippen LogP contribution in [0.25, 0.3) is 0 Å². The first-order chi connectivity index (χ1) is 8.10. The van der Waals surface area contributed by atoms with Gasteiger partial charge < -0.3 is 15.4 Å². The molecule has 0 spiro atoms. The lowest BCUT2D eigenvalue weighted by molar-refractivity contribution is 0.280. The second-order valence-corrected chi connectivity index (χ2v) is 4.71. The fraction of sp³-hybridized carbons (Fsp3) is 0.538. The molecule has 0 bridgehead atoms. The van der Waals surface area contributed by atoms with E-state index in [4.69, 9.17) is 22.1 Å². The van der Waals surface area contributed by atoms with Crippen LogP contribution in [-0.4, -0.2) is 32.6 Å². The molecule has 0 aliphatic heterocycles. The third-order valence-electron chi connectivity index (χ3n) is 2.87. The molecule has 0 aliphatic carbocycles. The Kier molecular flexibility index (Phi) is 5.75. The first-order valence-electron chi connectivity index (χ1n) is 5.80. The average Bonchev–Trinajstić information content (AvgIpc) is 2.29. The van der Waals surface area contributed by atoms with Crippen molar-refractivity contribution in [1.82, 2.24) is 4.90 Å². The summed E-state index contributed by atoms with van der Waals surface area (Å²) in [5.41, 5.74) is 6.77. The van der Waals surface area contributed by atoms with E-state index in [-0.39, 0.29) is 0 Å². The minimum atomic E-state index is 0.349. The smallest absolute Gasteiger partial charge is 0.137 e. The zero-order valence-electron chi connectivity index (χ0n) is 10.7. The Balaban J connectivity index is 2.90. The van der Waals surface area contributed by atoms with Gasteiger partial charge in [0.15, 0.2) is 0 Å². The largest absolute Gasteiger partial charge is 0.495 e. The van der Waals surface area contributed by atoms with Gasteiger partial charge in [0.2, 0.25) is 0 Å². The molecule has 96 valence electrons. The van der Waals surface area contributed by atoms with E-state index in [9.17, 15) is 0 Å². The Morgan fingerprint density at radius 1 is 1.41 bits per heavy atom. The Morgan fingerprint density at radius 2 is 2.12 bits per heavy atom. The zero-order chi connectivity index (χ0) is 12.8.